The van der Waals surface area contributed by atoms with Gasteiger partial charge in [-0.25, -0.2) is 4.98 Å². The number of anilines is 1. The highest BCUT2D eigenvalue weighted by Gasteiger charge is 2.18. The Morgan fingerprint density at radius 1 is 1.10 bits per heavy atom. The molecule has 1 amide bonds. The van der Waals surface area contributed by atoms with E-state index >= 15 is 0 Å². The molecule has 5 heteroatoms. The normalized spacial score (nSPS) is 12.7. The number of fused-ring (bicyclic) bond motifs is 2. The van der Waals surface area contributed by atoms with Gasteiger partial charge in [-0.1, -0.05) is 42.5 Å². The average Bonchev–Trinajstić information content (AvgIpc) is 3.38. The minimum Gasteiger partial charge on any atom is -0.493 e. The van der Waals surface area contributed by atoms with Gasteiger partial charge in [-0.15, -0.1) is 0 Å². The van der Waals surface area contributed by atoms with Crippen LogP contribution in [-0.2, 0) is 13.0 Å². The number of rotatable bonds is 5. The third-order valence-corrected chi connectivity index (χ3v) is 5.58. The fourth-order valence-electron chi connectivity index (χ4n) is 4.17. The van der Waals surface area contributed by atoms with E-state index < -0.39 is 0 Å². The molecule has 150 valence electrons. The quantitative estimate of drug-likeness (QED) is 0.497. The Bertz CT molecular complexity index is 1230. The van der Waals surface area contributed by atoms with Crippen LogP contribution in [0, 0.1) is 0 Å². The Labute approximate surface area is 175 Å². The van der Waals surface area contributed by atoms with Crippen molar-refractivity contribution in [2.45, 2.75) is 26.3 Å². The zero-order valence-electron chi connectivity index (χ0n) is 16.9. The summed E-state index contributed by atoms with van der Waals surface area (Å²) in [5.41, 5.74) is 3.55. The highest BCUT2D eigenvalue weighted by molar-refractivity contribution is 6.15. The molecule has 30 heavy (non-hydrogen) atoms. The van der Waals surface area contributed by atoms with E-state index in [1.54, 1.807) is 0 Å². The zero-order chi connectivity index (χ0) is 20.5. The van der Waals surface area contributed by atoms with Crippen molar-refractivity contribution >= 4 is 22.4 Å². The van der Waals surface area contributed by atoms with Crippen LogP contribution in [0.1, 0.15) is 29.5 Å². The molecule has 0 radical (unpaired) electrons. The largest absolute Gasteiger partial charge is 0.493 e. The molecule has 0 saturated heterocycles. The number of carbonyl (C=O) groups excluding carboxylic acids is 1. The van der Waals surface area contributed by atoms with Gasteiger partial charge in [-0.2, -0.15) is 0 Å². The summed E-state index contributed by atoms with van der Waals surface area (Å²) in [5.74, 6) is 1.58. The molecule has 5 rings (SSSR count). The number of amides is 1. The van der Waals surface area contributed by atoms with Crippen LogP contribution in [-0.4, -0.2) is 22.1 Å². The predicted octanol–water partition coefficient (Wildman–Crippen LogP) is 5.30. The van der Waals surface area contributed by atoms with E-state index in [9.17, 15) is 4.79 Å². The Morgan fingerprint density at radius 2 is 1.93 bits per heavy atom. The second-order valence-corrected chi connectivity index (χ2v) is 7.44. The van der Waals surface area contributed by atoms with Crippen molar-refractivity contribution in [1.82, 2.24) is 9.55 Å². The number of nitrogens with one attached hydrogen (secondary N) is 1. The maximum absolute atomic E-state index is 13.2. The SMILES string of the molecule is CCOc1ccc2ccccc2c1C(=O)Nc1ccc(-c2cnc3n2CCC3)cc1. The summed E-state index contributed by atoms with van der Waals surface area (Å²) >= 11 is 0. The molecule has 0 unspecified atom stereocenters. The number of benzene rings is 3. The van der Waals surface area contributed by atoms with Gasteiger partial charge < -0.3 is 14.6 Å². The second kappa shape index (κ2) is 7.67. The van der Waals surface area contributed by atoms with Crippen molar-refractivity contribution in [3.8, 4) is 17.0 Å². The molecule has 1 aromatic heterocycles. The summed E-state index contributed by atoms with van der Waals surface area (Å²) in [6, 6.07) is 19.7. The molecule has 0 aliphatic carbocycles. The van der Waals surface area contributed by atoms with Gasteiger partial charge in [0, 0.05) is 18.7 Å². The lowest BCUT2D eigenvalue weighted by molar-refractivity contribution is 0.102. The van der Waals surface area contributed by atoms with Gasteiger partial charge in [0.1, 0.15) is 11.6 Å². The summed E-state index contributed by atoms with van der Waals surface area (Å²) in [6.07, 6.45) is 4.13. The number of ether oxygens (including phenoxy) is 1. The van der Waals surface area contributed by atoms with Gasteiger partial charge in [-0.05, 0) is 47.9 Å². The average molecular weight is 397 g/mol. The molecule has 0 spiro atoms. The van der Waals surface area contributed by atoms with Crippen LogP contribution in [0.25, 0.3) is 22.0 Å². The van der Waals surface area contributed by atoms with E-state index in [0.717, 1.165) is 52.9 Å². The van der Waals surface area contributed by atoms with Crippen LogP contribution >= 0.6 is 0 Å². The topological polar surface area (TPSA) is 56.1 Å². The number of aryl methyl sites for hydroxylation is 1. The molecular formula is C25H23N3O2. The lowest BCUT2D eigenvalue weighted by atomic mass is 10.0. The van der Waals surface area contributed by atoms with Gasteiger partial charge in [0.15, 0.2) is 0 Å². The maximum Gasteiger partial charge on any atom is 0.260 e. The van der Waals surface area contributed by atoms with E-state index in [0.29, 0.717) is 17.9 Å². The molecule has 4 aromatic rings. The van der Waals surface area contributed by atoms with Gasteiger partial charge in [0.2, 0.25) is 0 Å². The van der Waals surface area contributed by atoms with Crippen molar-refractivity contribution in [3.63, 3.8) is 0 Å². The highest BCUT2D eigenvalue weighted by Crippen LogP contribution is 2.30. The Hall–Kier alpha value is -3.60. The molecule has 5 nitrogen and oxygen atoms in total. The summed E-state index contributed by atoms with van der Waals surface area (Å²) in [6.45, 7) is 3.44. The maximum atomic E-state index is 13.2. The predicted molar refractivity (Wildman–Crippen MR) is 119 cm³/mol. The number of carbonyl (C=O) groups is 1. The molecule has 0 atom stereocenters. The molecule has 0 fully saturated rings. The Balaban J connectivity index is 1.44. The molecule has 1 N–H and O–H groups in total. The Kier molecular flexibility index (Phi) is 4.71. The fourth-order valence-corrected chi connectivity index (χ4v) is 4.17. The van der Waals surface area contributed by atoms with Gasteiger partial charge >= 0.3 is 0 Å². The standard InChI is InChI=1S/C25H23N3O2/c1-2-30-22-14-11-17-6-3-4-7-20(17)24(22)25(29)27-19-12-9-18(10-13-19)21-16-26-23-8-5-15-28(21)23/h3-4,6-7,9-14,16H,2,5,8,15H2,1H3,(H,27,29). The van der Waals surface area contributed by atoms with Crippen molar-refractivity contribution < 1.29 is 9.53 Å². The Morgan fingerprint density at radius 3 is 2.77 bits per heavy atom. The first-order valence-corrected chi connectivity index (χ1v) is 10.4. The van der Waals surface area contributed by atoms with Gasteiger partial charge in [-0.3, -0.25) is 4.79 Å². The van der Waals surface area contributed by atoms with E-state index in [4.69, 9.17) is 4.74 Å². The fraction of sp³-hybridized carbons (Fsp3) is 0.200. The highest BCUT2D eigenvalue weighted by atomic mass is 16.5. The van der Waals surface area contributed by atoms with Crippen LogP contribution in [0.4, 0.5) is 5.69 Å². The molecular weight excluding hydrogens is 374 g/mol. The summed E-state index contributed by atoms with van der Waals surface area (Å²) in [5, 5.41) is 4.92. The first kappa shape index (κ1) is 18.4. The van der Waals surface area contributed by atoms with E-state index in [-0.39, 0.29) is 5.91 Å². The zero-order valence-corrected chi connectivity index (χ0v) is 16.9. The van der Waals surface area contributed by atoms with Crippen molar-refractivity contribution in [2.24, 2.45) is 0 Å². The number of aromatic nitrogens is 2. The number of imidazole rings is 1. The summed E-state index contributed by atoms with van der Waals surface area (Å²) in [7, 11) is 0. The lowest BCUT2D eigenvalue weighted by Crippen LogP contribution is -2.14. The first-order valence-electron chi connectivity index (χ1n) is 10.4. The minimum absolute atomic E-state index is 0.173. The third-order valence-electron chi connectivity index (χ3n) is 5.58. The van der Waals surface area contributed by atoms with E-state index in [1.807, 2.05) is 73.8 Å². The molecule has 0 saturated carbocycles. The van der Waals surface area contributed by atoms with Crippen molar-refractivity contribution in [2.75, 3.05) is 11.9 Å². The summed E-state index contributed by atoms with van der Waals surface area (Å²) in [4.78, 5) is 17.7. The molecule has 0 bridgehead atoms. The van der Waals surface area contributed by atoms with Crippen LogP contribution in [0.5, 0.6) is 5.75 Å². The smallest absolute Gasteiger partial charge is 0.260 e. The first-order chi connectivity index (χ1) is 14.7. The van der Waals surface area contributed by atoms with Gasteiger partial charge in [0.25, 0.3) is 5.91 Å². The number of hydrogen-bond donors (Lipinski definition) is 1. The number of hydrogen-bond acceptors (Lipinski definition) is 3. The molecule has 1 aliphatic heterocycles. The molecule has 1 aliphatic rings. The van der Waals surface area contributed by atoms with Gasteiger partial charge in [0.05, 0.1) is 24.1 Å². The molecule has 3 aromatic carbocycles. The van der Waals surface area contributed by atoms with E-state index in [1.165, 1.54) is 0 Å². The van der Waals surface area contributed by atoms with Crippen molar-refractivity contribution in [1.29, 1.82) is 0 Å². The second-order valence-electron chi connectivity index (χ2n) is 7.44. The molecule has 2 heterocycles. The van der Waals surface area contributed by atoms with Crippen molar-refractivity contribution in [3.05, 3.63) is 78.2 Å². The minimum atomic E-state index is -0.173. The van der Waals surface area contributed by atoms with Crippen LogP contribution < -0.4 is 10.1 Å². The summed E-state index contributed by atoms with van der Waals surface area (Å²) < 4.78 is 8.02. The monoisotopic (exact) mass is 397 g/mol. The van der Waals surface area contributed by atoms with Crippen LogP contribution in [0.15, 0.2) is 66.9 Å². The van der Waals surface area contributed by atoms with E-state index in [2.05, 4.69) is 14.9 Å². The third kappa shape index (κ3) is 3.22. The number of nitrogens with zero attached hydrogens (tertiary/aromatic N) is 2. The van der Waals surface area contributed by atoms with Crippen LogP contribution in [0.2, 0.25) is 0 Å². The lowest BCUT2D eigenvalue weighted by Gasteiger charge is -2.14. The van der Waals surface area contributed by atoms with Crippen LogP contribution in [0.3, 0.4) is 0 Å².